The van der Waals surface area contributed by atoms with Crippen LogP contribution < -0.4 is 4.90 Å². The molecule has 0 radical (unpaired) electrons. The molecule has 1 aliphatic carbocycles. The minimum atomic E-state index is 0.174. The van der Waals surface area contributed by atoms with Crippen molar-refractivity contribution >= 4 is 27.4 Å². The maximum atomic E-state index is 9.33. The van der Waals surface area contributed by atoms with Crippen molar-refractivity contribution in [1.29, 1.82) is 0 Å². The molecule has 0 spiro atoms. The molecule has 0 aromatic carbocycles. The lowest BCUT2D eigenvalue weighted by molar-refractivity contribution is 0.283. The van der Waals surface area contributed by atoms with Gasteiger partial charge in [-0.25, -0.2) is 9.97 Å². The zero-order valence-corrected chi connectivity index (χ0v) is 12.0. The van der Waals surface area contributed by atoms with Gasteiger partial charge in [-0.3, -0.25) is 0 Å². The molecule has 1 saturated carbocycles. The van der Waals surface area contributed by atoms with Gasteiger partial charge in [0.2, 0.25) is 0 Å². The van der Waals surface area contributed by atoms with Gasteiger partial charge < -0.3 is 10.0 Å². The van der Waals surface area contributed by atoms with Gasteiger partial charge in [0, 0.05) is 19.0 Å². The van der Waals surface area contributed by atoms with Gasteiger partial charge in [0.1, 0.15) is 16.5 Å². The molecule has 19 heavy (non-hydrogen) atoms. The van der Waals surface area contributed by atoms with Crippen LogP contribution >= 0.6 is 11.3 Å². The molecule has 5 heteroatoms. The van der Waals surface area contributed by atoms with Gasteiger partial charge in [0.05, 0.1) is 12.0 Å². The molecule has 0 unspecified atom stereocenters. The SMILES string of the molecule is CCc1nc(N(CCO)C2CCC2)c2ccsc2n1. The van der Waals surface area contributed by atoms with E-state index in [4.69, 9.17) is 4.98 Å². The number of aryl methyl sites for hydroxylation is 1. The molecule has 0 atom stereocenters. The molecular formula is C14H19N3OS. The summed E-state index contributed by atoms with van der Waals surface area (Å²) in [6.45, 7) is 2.92. The van der Waals surface area contributed by atoms with E-state index < -0.39 is 0 Å². The highest BCUT2D eigenvalue weighted by molar-refractivity contribution is 7.16. The number of thiophene rings is 1. The van der Waals surface area contributed by atoms with E-state index in [-0.39, 0.29) is 6.61 Å². The first-order valence-electron chi connectivity index (χ1n) is 6.95. The Morgan fingerprint density at radius 1 is 1.42 bits per heavy atom. The molecule has 3 rings (SSSR count). The first kappa shape index (κ1) is 12.8. The Kier molecular flexibility index (Phi) is 3.66. The minimum Gasteiger partial charge on any atom is -0.395 e. The summed E-state index contributed by atoms with van der Waals surface area (Å²) < 4.78 is 0. The number of hydrogen-bond acceptors (Lipinski definition) is 5. The quantitative estimate of drug-likeness (QED) is 0.912. The number of rotatable bonds is 5. The number of aliphatic hydroxyl groups excluding tert-OH is 1. The van der Waals surface area contributed by atoms with Crippen LogP contribution in [0.4, 0.5) is 5.82 Å². The van der Waals surface area contributed by atoms with Gasteiger partial charge in [-0.15, -0.1) is 11.3 Å². The van der Waals surface area contributed by atoms with Crippen LogP contribution in [0.2, 0.25) is 0 Å². The fourth-order valence-electron chi connectivity index (χ4n) is 2.53. The molecule has 2 heterocycles. The molecular weight excluding hydrogens is 258 g/mol. The summed E-state index contributed by atoms with van der Waals surface area (Å²) in [5.41, 5.74) is 0. The predicted molar refractivity (Wildman–Crippen MR) is 78.9 cm³/mol. The van der Waals surface area contributed by atoms with E-state index in [1.165, 1.54) is 19.3 Å². The molecule has 0 bridgehead atoms. The van der Waals surface area contributed by atoms with Crippen molar-refractivity contribution in [2.75, 3.05) is 18.1 Å². The summed E-state index contributed by atoms with van der Waals surface area (Å²) in [6.07, 6.45) is 4.54. The number of nitrogens with zero attached hydrogens (tertiary/aromatic N) is 3. The van der Waals surface area contributed by atoms with Crippen LogP contribution in [0.3, 0.4) is 0 Å². The van der Waals surface area contributed by atoms with Gasteiger partial charge in [-0.05, 0) is 30.7 Å². The highest BCUT2D eigenvalue weighted by Crippen LogP contribution is 2.34. The van der Waals surface area contributed by atoms with Gasteiger partial charge in [-0.2, -0.15) is 0 Å². The van der Waals surface area contributed by atoms with Crippen LogP contribution in [-0.2, 0) is 6.42 Å². The first-order chi connectivity index (χ1) is 9.33. The molecule has 0 aliphatic heterocycles. The Morgan fingerprint density at radius 2 is 2.26 bits per heavy atom. The summed E-state index contributed by atoms with van der Waals surface area (Å²) >= 11 is 1.66. The van der Waals surface area contributed by atoms with Crippen LogP contribution in [0, 0.1) is 0 Å². The van der Waals surface area contributed by atoms with Crippen LogP contribution in [0.5, 0.6) is 0 Å². The van der Waals surface area contributed by atoms with Gasteiger partial charge in [0.25, 0.3) is 0 Å². The third-order valence-electron chi connectivity index (χ3n) is 3.80. The molecule has 102 valence electrons. The van der Waals surface area contributed by atoms with E-state index in [0.717, 1.165) is 28.3 Å². The van der Waals surface area contributed by atoms with Gasteiger partial charge in [0.15, 0.2) is 0 Å². The second-order valence-electron chi connectivity index (χ2n) is 4.96. The largest absolute Gasteiger partial charge is 0.395 e. The van der Waals surface area contributed by atoms with E-state index >= 15 is 0 Å². The van der Waals surface area contributed by atoms with Crippen LogP contribution in [0.15, 0.2) is 11.4 Å². The zero-order valence-electron chi connectivity index (χ0n) is 11.2. The number of fused-ring (bicyclic) bond motifs is 1. The molecule has 1 N–H and O–H groups in total. The highest BCUT2D eigenvalue weighted by atomic mass is 32.1. The first-order valence-corrected chi connectivity index (χ1v) is 7.83. The Labute approximate surface area is 117 Å². The van der Waals surface area contributed by atoms with E-state index in [2.05, 4.69) is 28.3 Å². The van der Waals surface area contributed by atoms with E-state index in [0.29, 0.717) is 12.6 Å². The zero-order chi connectivity index (χ0) is 13.2. The summed E-state index contributed by atoms with van der Waals surface area (Å²) in [5.74, 6) is 1.91. The number of aliphatic hydroxyl groups is 1. The minimum absolute atomic E-state index is 0.174. The van der Waals surface area contributed by atoms with Crippen molar-refractivity contribution < 1.29 is 5.11 Å². The van der Waals surface area contributed by atoms with Crippen molar-refractivity contribution in [3.05, 3.63) is 17.3 Å². The fourth-order valence-corrected chi connectivity index (χ4v) is 3.30. The Bertz CT molecular complexity index is 565. The van der Waals surface area contributed by atoms with Crippen molar-refractivity contribution in [2.45, 2.75) is 38.6 Å². The normalized spacial score (nSPS) is 15.7. The average molecular weight is 277 g/mol. The number of anilines is 1. The third kappa shape index (κ3) is 2.32. The molecule has 1 aliphatic rings. The topological polar surface area (TPSA) is 49.2 Å². The maximum Gasteiger partial charge on any atom is 0.141 e. The van der Waals surface area contributed by atoms with Crippen molar-refractivity contribution in [3.63, 3.8) is 0 Å². The predicted octanol–water partition coefficient (Wildman–Crippen LogP) is 2.60. The molecule has 0 amide bonds. The summed E-state index contributed by atoms with van der Waals surface area (Å²) in [7, 11) is 0. The molecule has 0 saturated heterocycles. The average Bonchev–Trinajstić information content (AvgIpc) is 2.83. The monoisotopic (exact) mass is 277 g/mol. The van der Waals surface area contributed by atoms with Gasteiger partial charge >= 0.3 is 0 Å². The maximum absolute atomic E-state index is 9.33. The lowest BCUT2D eigenvalue weighted by atomic mass is 9.91. The van der Waals surface area contributed by atoms with Crippen molar-refractivity contribution in [3.8, 4) is 0 Å². The van der Waals surface area contributed by atoms with Crippen molar-refractivity contribution in [2.24, 2.45) is 0 Å². The Morgan fingerprint density at radius 3 is 2.89 bits per heavy atom. The van der Waals surface area contributed by atoms with E-state index in [9.17, 15) is 5.11 Å². The molecule has 4 nitrogen and oxygen atoms in total. The second-order valence-corrected chi connectivity index (χ2v) is 5.85. The van der Waals surface area contributed by atoms with Crippen LogP contribution in [0.25, 0.3) is 10.2 Å². The standard InChI is InChI=1S/C14H19N3OS/c1-2-12-15-13(11-6-9-19-14(11)16-12)17(7-8-18)10-4-3-5-10/h6,9-10,18H,2-5,7-8H2,1H3. The number of hydrogen-bond donors (Lipinski definition) is 1. The third-order valence-corrected chi connectivity index (χ3v) is 4.60. The lowest BCUT2D eigenvalue weighted by Gasteiger charge is -2.38. The Balaban J connectivity index is 2.06. The molecule has 2 aromatic rings. The summed E-state index contributed by atoms with van der Waals surface area (Å²) in [5, 5.41) is 12.5. The van der Waals surface area contributed by atoms with E-state index in [1.807, 2.05) is 0 Å². The number of aromatic nitrogens is 2. The van der Waals surface area contributed by atoms with Crippen LogP contribution in [-0.4, -0.2) is 34.3 Å². The molecule has 2 aromatic heterocycles. The van der Waals surface area contributed by atoms with E-state index in [1.54, 1.807) is 11.3 Å². The summed E-state index contributed by atoms with van der Waals surface area (Å²) in [4.78, 5) is 12.6. The fraction of sp³-hybridized carbons (Fsp3) is 0.571. The lowest BCUT2D eigenvalue weighted by Crippen LogP contribution is -2.42. The molecule has 1 fully saturated rings. The van der Waals surface area contributed by atoms with Crippen LogP contribution in [0.1, 0.15) is 32.0 Å². The van der Waals surface area contributed by atoms with Crippen molar-refractivity contribution in [1.82, 2.24) is 9.97 Å². The Hall–Kier alpha value is -1.20. The van der Waals surface area contributed by atoms with Gasteiger partial charge in [-0.1, -0.05) is 6.92 Å². The smallest absolute Gasteiger partial charge is 0.141 e. The highest BCUT2D eigenvalue weighted by Gasteiger charge is 2.27. The summed E-state index contributed by atoms with van der Waals surface area (Å²) in [6, 6.07) is 2.63. The second kappa shape index (κ2) is 5.43.